The standard InChI is InChI=1S/C13H14ClNOS/c14-12-4-2-1-3-9(12)5-13(16)15-7-11-6-10(15)8-17-11/h1-4,10-11H,5-8H2. The maximum absolute atomic E-state index is 12.2. The number of rotatable bonds is 2. The summed E-state index contributed by atoms with van der Waals surface area (Å²) in [6.07, 6.45) is 1.62. The van der Waals surface area contributed by atoms with Crippen molar-refractivity contribution in [2.45, 2.75) is 24.1 Å². The van der Waals surface area contributed by atoms with Crippen molar-refractivity contribution >= 4 is 29.3 Å². The maximum atomic E-state index is 12.2. The van der Waals surface area contributed by atoms with E-state index >= 15 is 0 Å². The van der Waals surface area contributed by atoms with E-state index in [1.165, 1.54) is 6.42 Å². The van der Waals surface area contributed by atoms with Crippen LogP contribution in [-0.2, 0) is 11.2 Å². The molecular weight excluding hydrogens is 254 g/mol. The first-order valence-electron chi connectivity index (χ1n) is 5.88. The van der Waals surface area contributed by atoms with E-state index in [1.807, 2.05) is 40.9 Å². The largest absolute Gasteiger partial charge is 0.337 e. The Morgan fingerprint density at radius 1 is 1.47 bits per heavy atom. The lowest BCUT2D eigenvalue weighted by atomic mass is 10.1. The highest BCUT2D eigenvalue weighted by molar-refractivity contribution is 8.00. The van der Waals surface area contributed by atoms with Gasteiger partial charge in [-0.3, -0.25) is 4.79 Å². The Kier molecular flexibility index (Phi) is 3.05. The van der Waals surface area contributed by atoms with Crippen LogP contribution in [0.2, 0.25) is 5.02 Å². The van der Waals surface area contributed by atoms with Crippen molar-refractivity contribution in [3.05, 3.63) is 34.9 Å². The van der Waals surface area contributed by atoms with Gasteiger partial charge in [0.2, 0.25) is 5.91 Å². The lowest BCUT2D eigenvalue weighted by molar-refractivity contribution is -0.130. The Hall–Kier alpha value is -0.670. The minimum Gasteiger partial charge on any atom is -0.337 e. The van der Waals surface area contributed by atoms with Gasteiger partial charge in [-0.1, -0.05) is 29.8 Å². The van der Waals surface area contributed by atoms with Gasteiger partial charge in [-0.15, -0.1) is 0 Å². The number of carbonyl (C=O) groups is 1. The molecule has 0 aromatic heterocycles. The molecule has 2 nitrogen and oxygen atoms in total. The predicted octanol–water partition coefficient (Wildman–Crippen LogP) is 2.60. The Labute approximate surface area is 110 Å². The quantitative estimate of drug-likeness (QED) is 0.821. The lowest BCUT2D eigenvalue weighted by Gasteiger charge is -2.26. The van der Waals surface area contributed by atoms with Crippen molar-refractivity contribution in [1.29, 1.82) is 0 Å². The second-order valence-electron chi connectivity index (χ2n) is 4.66. The van der Waals surface area contributed by atoms with Gasteiger partial charge in [-0.25, -0.2) is 0 Å². The Bertz CT molecular complexity index is 451. The van der Waals surface area contributed by atoms with Crippen LogP contribution in [0.4, 0.5) is 0 Å². The molecule has 4 heteroatoms. The SMILES string of the molecule is O=C(Cc1ccccc1Cl)N1CC2CC1CS2. The third kappa shape index (κ3) is 2.18. The first-order valence-corrected chi connectivity index (χ1v) is 7.31. The number of fused-ring (bicyclic) bond motifs is 2. The molecule has 0 aliphatic carbocycles. The Balaban J connectivity index is 1.70. The maximum Gasteiger partial charge on any atom is 0.227 e. The minimum absolute atomic E-state index is 0.228. The topological polar surface area (TPSA) is 20.3 Å². The highest BCUT2D eigenvalue weighted by atomic mass is 35.5. The zero-order valence-electron chi connectivity index (χ0n) is 9.43. The highest BCUT2D eigenvalue weighted by Crippen LogP contribution is 2.37. The van der Waals surface area contributed by atoms with Gasteiger partial charge >= 0.3 is 0 Å². The summed E-state index contributed by atoms with van der Waals surface area (Å²) < 4.78 is 0. The van der Waals surface area contributed by atoms with Crippen LogP contribution in [0.15, 0.2) is 24.3 Å². The Morgan fingerprint density at radius 3 is 2.94 bits per heavy atom. The second-order valence-corrected chi connectivity index (χ2v) is 6.40. The minimum atomic E-state index is 0.228. The van der Waals surface area contributed by atoms with Crippen molar-refractivity contribution in [1.82, 2.24) is 4.90 Å². The van der Waals surface area contributed by atoms with Crippen LogP contribution in [-0.4, -0.2) is 34.4 Å². The molecule has 17 heavy (non-hydrogen) atoms. The van der Waals surface area contributed by atoms with Crippen molar-refractivity contribution in [2.75, 3.05) is 12.3 Å². The first-order chi connectivity index (χ1) is 8.24. The fraction of sp³-hybridized carbons (Fsp3) is 0.462. The number of benzene rings is 1. The highest BCUT2D eigenvalue weighted by Gasteiger charge is 2.40. The van der Waals surface area contributed by atoms with Crippen molar-refractivity contribution < 1.29 is 4.79 Å². The van der Waals surface area contributed by atoms with Crippen molar-refractivity contribution in [3.63, 3.8) is 0 Å². The summed E-state index contributed by atoms with van der Waals surface area (Å²) in [7, 11) is 0. The predicted molar refractivity (Wildman–Crippen MR) is 71.5 cm³/mol. The molecule has 2 aliphatic rings. The van der Waals surface area contributed by atoms with E-state index in [4.69, 9.17) is 11.6 Å². The van der Waals surface area contributed by atoms with E-state index in [0.29, 0.717) is 22.7 Å². The summed E-state index contributed by atoms with van der Waals surface area (Å²) in [5, 5.41) is 1.37. The normalized spacial score (nSPS) is 26.5. The summed E-state index contributed by atoms with van der Waals surface area (Å²) in [5.41, 5.74) is 0.939. The van der Waals surface area contributed by atoms with E-state index in [-0.39, 0.29) is 5.91 Å². The number of hydrogen-bond acceptors (Lipinski definition) is 2. The van der Waals surface area contributed by atoms with Crippen LogP contribution in [0.25, 0.3) is 0 Å². The van der Waals surface area contributed by atoms with Gasteiger partial charge in [-0.05, 0) is 18.1 Å². The molecule has 2 heterocycles. The molecule has 2 saturated heterocycles. The zero-order valence-corrected chi connectivity index (χ0v) is 11.0. The van der Waals surface area contributed by atoms with E-state index in [9.17, 15) is 4.79 Å². The van der Waals surface area contributed by atoms with Gasteiger partial charge < -0.3 is 4.90 Å². The number of amides is 1. The Morgan fingerprint density at radius 2 is 2.29 bits per heavy atom. The molecule has 1 aromatic carbocycles. The summed E-state index contributed by atoms with van der Waals surface area (Å²) in [6.45, 7) is 0.929. The van der Waals surface area contributed by atoms with Crippen molar-refractivity contribution in [3.8, 4) is 0 Å². The first kappa shape index (κ1) is 11.4. The molecule has 2 fully saturated rings. The smallest absolute Gasteiger partial charge is 0.227 e. The molecular formula is C13H14ClNOS. The summed E-state index contributed by atoms with van der Waals surface area (Å²) in [5.74, 6) is 1.34. The third-order valence-electron chi connectivity index (χ3n) is 3.52. The summed E-state index contributed by atoms with van der Waals surface area (Å²) in [4.78, 5) is 14.3. The average Bonchev–Trinajstić information content (AvgIpc) is 2.94. The fourth-order valence-electron chi connectivity index (χ4n) is 2.61. The molecule has 1 amide bonds. The number of thioether (sulfide) groups is 1. The lowest BCUT2D eigenvalue weighted by Crippen LogP contribution is -2.40. The van der Waals surface area contributed by atoms with E-state index in [2.05, 4.69) is 0 Å². The van der Waals surface area contributed by atoms with Gasteiger partial charge in [0.25, 0.3) is 0 Å². The zero-order chi connectivity index (χ0) is 11.8. The number of carbonyl (C=O) groups excluding carboxylic acids is 1. The summed E-state index contributed by atoms with van der Waals surface area (Å²) in [6, 6.07) is 8.07. The number of halogens is 1. The molecule has 0 radical (unpaired) electrons. The molecule has 2 unspecified atom stereocenters. The number of nitrogens with zero attached hydrogens (tertiary/aromatic N) is 1. The molecule has 2 bridgehead atoms. The van der Waals surface area contributed by atoms with Crippen LogP contribution in [0.5, 0.6) is 0 Å². The fourth-order valence-corrected chi connectivity index (χ4v) is 4.25. The van der Waals surface area contributed by atoms with Gasteiger partial charge in [-0.2, -0.15) is 11.8 Å². The molecule has 2 aliphatic heterocycles. The number of likely N-dealkylation sites (tertiary alicyclic amines) is 1. The average molecular weight is 268 g/mol. The van der Waals surface area contributed by atoms with Crippen LogP contribution in [0, 0.1) is 0 Å². The molecule has 0 spiro atoms. The molecule has 3 rings (SSSR count). The van der Waals surface area contributed by atoms with E-state index in [0.717, 1.165) is 17.9 Å². The van der Waals surface area contributed by atoms with Crippen LogP contribution >= 0.6 is 23.4 Å². The van der Waals surface area contributed by atoms with Gasteiger partial charge in [0, 0.05) is 28.6 Å². The molecule has 1 aromatic rings. The van der Waals surface area contributed by atoms with E-state index in [1.54, 1.807) is 0 Å². The molecule has 90 valence electrons. The second kappa shape index (κ2) is 4.54. The van der Waals surface area contributed by atoms with Crippen molar-refractivity contribution in [2.24, 2.45) is 0 Å². The molecule has 0 N–H and O–H groups in total. The number of hydrogen-bond donors (Lipinski definition) is 0. The van der Waals surface area contributed by atoms with Crippen LogP contribution in [0.1, 0.15) is 12.0 Å². The van der Waals surface area contributed by atoms with Gasteiger partial charge in [0.15, 0.2) is 0 Å². The molecule has 0 saturated carbocycles. The third-order valence-corrected chi connectivity index (χ3v) is 5.28. The van der Waals surface area contributed by atoms with Gasteiger partial charge in [0.05, 0.1) is 6.42 Å². The van der Waals surface area contributed by atoms with Crippen LogP contribution < -0.4 is 0 Å². The van der Waals surface area contributed by atoms with Crippen LogP contribution in [0.3, 0.4) is 0 Å². The monoisotopic (exact) mass is 267 g/mol. The molecule has 2 atom stereocenters. The van der Waals surface area contributed by atoms with E-state index < -0.39 is 0 Å². The summed E-state index contributed by atoms with van der Waals surface area (Å²) >= 11 is 8.08. The van der Waals surface area contributed by atoms with Gasteiger partial charge in [0.1, 0.15) is 0 Å².